The Morgan fingerprint density at radius 1 is 1.42 bits per heavy atom. The molecule has 0 unspecified atom stereocenters. The molecule has 12 heavy (non-hydrogen) atoms. The van der Waals surface area contributed by atoms with Crippen LogP contribution in [0.1, 0.15) is 5.56 Å². The lowest BCUT2D eigenvalue weighted by molar-refractivity contribution is 0.483. The van der Waals surface area contributed by atoms with Gasteiger partial charge in [0.1, 0.15) is 0 Å². The highest BCUT2D eigenvalue weighted by Crippen LogP contribution is 2.16. The van der Waals surface area contributed by atoms with E-state index in [4.69, 9.17) is 10.3 Å². The van der Waals surface area contributed by atoms with Gasteiger partial charge in [-0.3, -0.25) is 4.55 Å². The van der Waals surface area contributed by atoms with Crippen LogP contribution in [-0.4, -0.2) is 13.0 Å². The first-order valence-electron chi connectivity index (χ1n) is 3.25. The molecule has 0 saturated carbocycles. The molecule has 0 heterocycles. The van der Waals surface area contributed by atoms with Crippen molar-refractivity contribution in [1.82, 2.24) is 0 Å². The molecule has 0 aliphatic rings. The number of aryl methyl sites for hydroxylation is 1. The minimum absolute atomic E-state index is 0.175. The summed E-state index contributed by atoms with van der Waals surface area (Å²) in [6.07, 6.45) is 0. The van der Waals surface area contributed by atoms with E-state index in [-0.39, 0.29) is 4.90 Å². The third-order valence-electron chi connectivity index (χ3n) is 1.55. The molecule has 0 amide bonds. The average molecular weight is 187 g/mol. The lowest BCUT2D eigenvalue weighted by atomic mass is 10.2. The van der Waals surface area contributed by atoms with E-state index in [1.165, 1.54) is 12.1 Å². The van der Waals surface area contributed by atoms with Gasteiger partial charge in [0.2, 0.25) is 0 Å². The average Bonchev–Trinajstić information content (AvgIpc) is 1.92. The lowest BCUT2D eigenvalue weighted by Crippen LogP contribution is -2.00. The van der Waals surface area contributed by atoms with Crippen molar-refractivity contribution in [3.8, 4) is 0 Å². The van der Waals surface area contributed by atoms with Gasteiger partial charge in [0.25, 0.3) is 10.1 Å². The van der Waals surface area contributed by atoms with Crippen LogP contribution in [0.25, 0.3) is 0 Å². The van der Waals surface area contributed by atoms with Crippen molar-refractivity contribution >= 4 is 15.8 Å². The zero-order valence-electron chi connectivity index (χ0n) is 6.48. The fourth-order valence-corrected chi connectivity index (χ4v) is 1.29. The predicted octanol–water partition coefficient (Wildman–Crippen LogP) is 0.824. The van der Waals surface area contributed by atoms with Crippen LogP contribution in [0.15, 0.2) is 23.1 Å². The lowest BCUT2D eigenvalue weighted by Gasteiger charge is -2.01. The number of hydrogen-bond acceptors (Lipinski definition) is 3. The van der Waals surface area contributed by atoms with Gasteiger partial charge in [0, 0.05) is 5.69 Å². The molecule has 0 aromatic heterocycles. The number of nitrogen functional groups attached to an aromatic ring is 1. The summed E-state index contributed by atoms with van der Waals surface area (Å²) in [5.41, 5.74) is 6.57. The first-order chi connectivity index (χ1) is 5.41. The van der Waals surface area contributed by atoms with Gasteiger partial charge in [-0.1, -0.05) is 6.07 Å². The summed E-state index contributed by atoms with van der Waals surface area (Å²) in [6, 6.07) is 4.07. The molecule has 4 nitrogen and oxygen atoms in total. The molecule has 5 heteroatoms. The maximum atomic E-state index is 10.6. The molecule has 1 aromatic carbocycles. The number of anilines is 1. The van der Waals surface area contributed by atoms with Crippen LogP contribution in [0.4, 0.5) is 5.69 Å². The Kier molecular flexibility index (Phi) is 2.08. The Hall–Kier alpha value is -1.07. The molecule has 0 bridgehead atoms. The van der Waals surface area contributed by atoms with Gasteiger partial charge in [-0.05, 0) is 24.6 Å². The molecular weight excluding hydrogens is 178 g/mol. The van der Waals surface area contributed by atoms with Gasteiger partial charge in [0.15, 0.2) is 0 Å². The number of nitrogens with two attached hydrogens (primary N) is 1. The second-order valence-corrected chi connectivity index (χ2v) is 3.91. The molecular formula is C7H9NO3S. The van der Waals surface area contributed by atoms with E-state index in [0.717, 1.165) is 5.56 Å². The van der Waals surface area contributed by atoms with Crippen molar-refractivity contribution in [3.63, 3.8) is 0 Å². The zero-order chi connectivity index (χ0) is 9.35. The second-order valence-electron chi connectivity index (χ2n) is 2.49. The van der Waals surface area contributed by atoms with Crippen LogP contribution in [0.5, 0.6) is 0 Å². The highest BCUT2D eigenvalue weighted by atomic mass is 32.2. The maximum Gasteiger partial charge on any atom is 0.294 e. The molecule has 0 atom stereocenters. The molecule has 0 aliphatic heterocycles. The van der Waals surface area contributed by atoms with Gasteiger partial charge in [-0.2, -0.15) is 8.42 Å². The molecule has 0 spiro atoms. The molecule has 66 valence electrons. The fourth-order valence-electron chi connectivity index (χ4n) is 0.779. The van der Waals surface area contributed by atoms with Crippen molar-refractivity contribution in [2.45, 2.75) is 11.8 Å². The fraction of sp³-hybridized carbons (Fsp3) is 0.143. The van der Waals surface area contributed by atoms with Gasteiger partial charge < -0.3 is 5.73 Å². The van der Waals surface area contributed by atoms with Crippen molar-refractivity contribution in [3.05, 3.63) is 23.8 Å². The summed E-state index contributed by atoms with van der Waals surface area (Å²) >= 11 is 0. The van der Waals surface area contributed by atoms with Crippen LogP contribution in [0.3, 0.4) is 0 Å². The van der Waals surface area contributed by atoms with E-state index in [9.17, 15) is 8.42 Å². The maximum absolute atomic E-state index is 10.6. The van der Waals surface area contributed by atoms with E-state index >= 15 is 0 Å². The topological polar surface area (TPSA) is 80.4 Å². The Bertz CT molecular complexity index is 397. The van der Waals surface area contributed by atoms with Gasteiger partial charge in [-0.25, -0.2) is 0 Å². The monoisotopic (exact) mass is 187 g/mol. The first-order valence-corrected chi connectivity index (χ1v) is 4.69. The van der Waals surface area contributed by atoms with Gasteiger partial charge in [-0.15, -0.1) is 0 Å². The molecule has 3 N–H and O–H groups in total. The first kappa shape index (κ1) is 9.02. The molecule has 0 fully saturated rings. The molecule has 0 saturated heterocycles. The third kappa shape index (κ3) is 1.75. The SMILES string of the molecule is Cc1ccc(S(=O)(=O)O)cc1N. The number of rotatable bonds is 1. The van der Waals surface area contributed by atoms with Gasteiger partial charge >= 0.3 is 0 Å². The van der Waals surface area contributed by atoms with Gasteiger partial charge in [0.05, 0.1) is 4.90 Å². The summed E-state index contributed by atoms with van der Waals surface area (Å²) in [5, 5.41) is 0. The van der Waals surface area contributed by atoms with Crippen LogP contribution < -0.4 is 5.73 Å². The highest BCUT2D eigenvalue weighted by Gasteiger charge is 2.09. The molecule has 0 aliphatic carbocycles. The minimum Gasteiger partial charge on any atom is -0.398 e. The van der Waals surface area contributed by atoms with Crippen LogP contribution in [0.2, 0.25) is 0 Å². The van der Waals surface area contributed by atoms with Crippen molar-refractivity contribution in [2.24, 2.45) is 0 Å². The summed E-state index contributed by atoms with van der Waals surface area (Å²) in [6.45, 7) is 1.75. The van der Waals surface area contributed by atoms with E-state index in [0.29, 0.717) is 5.69 Å². The summed E-state index contributed by atoms with van der Waals surface area (Å²) < 4.78 is 29.8. The van der Waals surface area contributed by atoms with Crippen LogP contribution in [-0.2, 0) is 10.1 Å². The summed E-state index contributed by atoms with van der Waals surface area (Å²) in [7, 11) is -4.12. The molecule has 1 rings (SSSR count). The Morgan fingerprint density at radius 2 is 2.00 bits per heavy atom. The van der Waals surface area contributed by atoms with E-state index in [2.05, 4.69) is 0 Å². The number of benzene rings is 1. The summed E-state index contributed by atoms with van der Waals surface area (Å²) in [5.74, 6) is 0. The standard InChI is InChI=1S/C7H9NO3S/c1-5-2-3-6(4-7(5)8)12(9,10)11/h2-4H,8H2,1H3,(H,9,10,11). The van der Waals surface area contributed by atoms with E-state index < -0.39 is 10.1 Å². The quantitative estimate of drug-likeness (QED) is 0.504. The van der Waals surface area contributed by atoms with Crippen molar-refractivity contribution in [2.75, 3.05) is 5.73 Å². The second kappa shape index (κ2) is 2.76. The van der Waals surface area contributed by atoms with Crippen molar-refractivity contribution < 1.29 is 13.0 Å². The predicted molar refractivity (Wildman–Crippen MR) is 45.4 cm³/mol. The van der Waals surface area contributed by atoms with Crippen molar-refractivity contribution in [1.29, 1.82) is 0 Å². The molecule has 0 radical (unpaired) electrons. The Morgan fingerprint density at radius 3 is 2.42 bits per heavy atom. The van der Waals surface area contributed by atoms with E-state index in [1.54, 1.807) is 13.0 Å². The zero-order valence-corrected chi connectivity index (χ0v) is 7.30. The van der Waals surface area contributed by atoms with E-state index in [1.807, 2.05) is 0 Å². The Balaban J connectivity index is 3.33. The minimum atomic E-state index is -4.12. The smallest absolute Gasteiger partial charge is 0.294 e. The summed E-state index contributed by atoms with van der Waals surface area (Å²) in [4.78, 5) is -0.175. The largest absolute Gasteiger partial charge is 0.398 e. The highest BCUT2D eigenvalue weighted by molar-refractivity contribution is 7.85. The third-order valence-corrected chi connectivity index (χ3v) is 2.40. The normalized spacial score (nSPS) is 11.5. The van der Waals surface area contributed by atoms with Crippen LogP contribution in [0, 0.1) is 6.92 Å². The Labute approximate surface area is 70.8 Å². The molecule has 1 aromatic rings. The van der Waals surface area contributed by atoms with Crippen LogP contribution >= 0.6 is 0 Å². The number of hydrogen-bond donors (Lipinski definition) is 2.